The number of fused-ring (bicyclic) bond motifs is 2. The predicted octanol–water partition coefficient (Wildman–Crippen LogP) is 3.57. The third-order valence-corrected chi connectivity index (χ3v) is 5.10. The Balaban J connectivity index is 1.61. The summed E-state index contributed by atoms with van der Waals surface area (Å²) in [6, 6.07) is 16.3. The molecule has 0 radical (unpaired) electrons. The number of ether oxygens (including phenoxy) is 2. The van der Waals surface area contributed by atoms with Gasteiger partial charge in [-0.3, -0.25) is 10.3 Å². The van der Waals surface area contributed by atoms with Crippen molar-refractivity contribution in [2.45, 2.75) is 18.4 Å². The van der Waals surface area contributed by atoms with Gasteiger partial charge in [0, 0.05) is 29.2 Å². The minimum atomic E-state index is -0.393. The maximum atomic E-state index is 6.47. The van der Waals surface area contributed by atoms with Crippen LogP contribution in [0.2, 0.25) is 0 Å². The van der Waals surface area contributed by atoms with Crippen LogP contribution in [0, 0.1) is 0 Å². The minimum absolute atomic E-state index is 0.393. The molecule has 0 bridgehead atoms. The fraction of sp³-hybridized carbons (Fsp3) is 0.364. The van der Waals surface area contributed by atoms with Gasteiger partial charge in [-0.05, 0) is 39.2 Å². The van der Waals surface area contributed by atoms with Crippen molar-refractivity contribution in [1.82, 2.24) is 10.4 Å². The Morgan fingerprint density at radius 2 is 1.96 bits per heavy atom. The highest BCUT2D eigenvalue weighted by atomic mass is 16.6. The smallest absolute Gasteiger partial charge is 0.162 e. The van der Waals surface area contributed by atoms with Gasteiger partial charge < -0.3 is 14.4 Å². The van der Waals surface area contributed by atoms with E-state index in [1.807, 2.05) is 24.3 Å². The van der Waals surface area contributed by atoms with Crippen LogP contribution in [0.15, 0.2) is 54.1 Å². The first kappa shape index (κ1) is 17.9. The maximum Gasteiger partial charge on any atom is 0.162 e. The zero-order valence-corrected chi connectivity index (χ0v) is 16.1. The van der Waals surface area contributed by atoms with E-state index in [9.17, 15) is 0 Å². The van der Waals surface area contributed by atoms with E-state index in [2.05, 4.69) is 48.7 Å². The second kappa shape index (κ2) is 7.25. The lowest BCUT2D eigenvalue weighted by molar-refractivity contribution is 0.0708. The van der Waals surface area contributed by atoms with Crippen LogP contribution in [0.1, 0.15) is 24.0 Å². The first-order valence-electron chi connectivity index (χ1n) is 9.33. The van der Waals surface area contributed by atoms with Gasteiger partial charge in [-0.15, -0.1) is 0 Å². The number of nitrogens with zero attached hydrogens (tertiary/aromatic N) is 1. The van der Waals surface area contributed by atoms with Crippen molar-refractivity contribution in [1.29, 1.82) is 0 Å². The Labute approximate surface area is 160 Å². The van der Waals surface area contributed by atoms with E-state index in [0.717, 1.165) is 42.1 Å². The molecule has 27 heavy (non-hydrogen) atoms. The van der Waals surface area contributed by atoms with Crippen molar-refractivity contribution in [3.63, 3.8) is 0 Å². The molecule has 0 amide bonds. The summed E-state index contributed by atoms with van der Waals surface area (Å²) in [4.78, 5) is 7.95. The summed E-state index contributed by atoms with van der Waals surface area (Å²) in [5.41, 5.74) is 7.26. The minimum Gasteiger partial charge on any atom is -0.497 e. The average molecular weight is 366 g/mol. The largest absolute Gasteiger partial charge is 0.497 e. The lowest BCUT2D eigenvalue weighted by Gasteiger charge is -2.27. The Morgan fingerprint density at radius 3 is 2.70 bits per heavy atom. The SMILES string of the molecule is COc1ccc2c(c1)OC1(c3ccccc3)CC1=C2NOCCCN(C)C. The molecule has 1 aliphatic heterocycles. The number of hydroxylamine groups is 1. The van der Waals surface area contributed by atoms with Gasteiger partial charge in [0.05, 0.1) is 19.4 Å². The van der Waals surface area contributed by atoms with Crippen LogP contribution in [0.25, 0.3) is 5.70 Å². The highest BCUT2D eigenvalue weighted by molar-refractivity contribution is 5.80. The average Bonchev–Trinajstić information content (AvgIpc) is 3.42. The van der Waals surface area contributed by atoms with E-state index in [4.69, 9.17) is 14.3 Å². The highest BCUT2D eigenvalue weighted by Crippen LogP contribution is 2.61. The first-order valence-corrected chi connectivity index (χ1v) is 9.33. The van der Waals surface area contributed by atoms with Crippen molar-refractivity contribution in [3.05, 3.63) is 65.2 Å². The van der Waals surface area contributed by atoms with Gasteiger partial charge in [-0.1, -0.05) is 30.3 Å². The van der Waals surface area contributed by atoms with E-state index in [0.29, 0.717) is 6.61 Å². The summed E-state index contributed by atoms with van der Waals surface area (Å²) in [5, 5.41) is 0. The number of hydrogen-bond donors (Lipinski definition) is 1. The molecule has 1 heterocycles. The van der Waals surface area contributed by atoms with Crippen molar-refractivity contribution < 1.29 is 14.3 Å². The summed E-state index contributed by atoms with van der Waals surface area (Å²) in [6.45, 7) is 1.65. The number of benzene rings is 2. The van der Waals surface area contributed by atoms with E-state index in [-0.39, 0.29) is 0 Å². The molecule has 1 N–H and O–H groups in total. The molecule has 5 heteroatoms. The molecule has 2 aliphatic rings. The third kappa shape index (κ3) is 3.40. The van der Waals surface area contributed by atoms with Gasteiger partial charge in [-0.25, -0.2) is 0 Å². The predicted molar refractivity (Wildman–Crippen MR) is 106 cm³/mol. The van der Waals surface area contributed by atoms with Gasteiger partial charge in [-0.2, -0.15) is 0 Å². The number of methoxy groups -OCH3 is 1. The quantitative estimate of drug-likeness (QED) is 0.571. The second-order valence-electron chi connectivity index (χ2n) is 7.29. The van der Waals surface area contributed by atoms with Crippen molar-refractivity contribution in [2.75, 3.05) is 34.4 Å². The fourth-order valence-corrected chi connectivity index (χ4v) is 3.60. The molecule has 2 aromatic rings. The summed E-state index contributed by atoms with van der Waals surface area (Å²) in [7, 11) is 5.81. The van der Waals surface area contributed by atoms with Gasteiger partial charge in [0.1, 0.15) is 11.5 Å². The van der Waals surface area contributed by atoms with Gasteiger partial charge in [0.25, 0.3) is 0 Å². The third-order valence-electron chi connectivity index (χ3n) is 5.10. The molecule has 1 atom stereocenters. The van der Waals surface area contributed by atoms with Crippen LogP contribution in [-0.4, -0.2) is 39.3 Å². The Hall–Kier alpha value is -2.50. The Bertz CT molecular complexity index is 848. The van der Waals surface area contributed by atoms with Crippen LogP contribution in [-0.2, 0) is 10.4 Å². The zero-order chi connectivity index (χ0) is 18.9. The van der Waals surface area contributed by atoms with Crippen LogP contribution >= 0.6 is 0 Å². The number of nitrogens with one attached hydrogen (secondary N) is 1. The summed E-state index contributed by atoms with van der Waals surface area (Å²) < 4.78 is 11.9. The van der Waals surface area contributed by atoms with E-state index >= 15 is 0 Å². The zero-order valence-electron chi connectivity index (χ0n) is 16.1. The molecular formula is C22H26N2O3. The molecule has 5 nitrogen and oxygen atoms in total. The van der Waals surface area contributed by atoms with Gasteiger partial charge in [0.15, 0.2) is 5.60 Å². The molecular weight excluding hydrogens is 340 g/mol. The normalized spacial score (nSPS) is 20.0. The second-order valence-corrected chi connectivity index (χ2v) is 7.29. The Morgan fingerprint density at radius 1 is 1.15 bits per heavy atom. The molecule has 0 saturated heterocycles. The lowest BCUT2D eigenvalue weighted by Crippen LogP contribution is -2.25. The van der Waals surface area contributed by atoms with Crippen LogP contribution in [0.4, 0.5) is 0 Å². The van der Waals surface area contributed by atoms with Crippen LogP contribution in [0.3, 0.4) is 0 Å². The molecule has 0 spiro atoms. The molecule has 1 aliphatic carbocycles. The van der Waals surface area contributed by atoms with E-state index in [1.165, 1.54) is 11.1 Å². The Kier molecular flexibility index (Phi) is 4.81. The van der Waals surface area contributed by atoms with E-state index in [1.54, 1.807) is 7.11 Å². The fourth-order valence-electron chi connectivity index (χ4n) is 3.60. The molecule has 142 valence electrons. The summed E-state index contributed by atoms with van der Waals surface area (Å²) in [6.07, 6.45) is 1.83. The van der Waals surface area contributed by atoms with Crippen molar-refractivity contribution >= 4 is 5.70 Å². The lowest BCUT2D eigenvalue weighted by atomic mass is 10.0. The molecule has 0 aromatic heterocycles. The summed E-state index contributed by atoms with van der Waals surface area (Å²) in [5.74, 6) is 1.60. The monoisotopic (exact) mass is 366 g/mol. The molecule has 1 unspecified atom stereocenters. The molecule has 2 aromatic carbocycles. The summed E-state index contributed by atoms with van der Waals surface area (Å²) >= 11 is 0. The highest BCUT2D eigenvalue weighted by Gasteiger charge is 2.58. The standard InChI is InChI=1S/C22H26N2O3/c1-24(2)12-7-13-26-23-21-18-11-10-17(25-3)14-20(18)27-22(15-19(21)22)16-8-5-4-6-9-16/h4-6,8-11,14,23H,7,12-13,15H2,1-3H3. The van der Waals surface area contributed by atoms with Crippen molar-refractivity contribution in [3.8, 4) is 11.5 Å². The molecule has 4 rings (SSSR count). The topological polar surface area (TPSA) is 43.0 Å². The van der Waals surface area contributed by atoms with Crippen LogP contribution in [0.5, 0.6) is 11.5 Å². The molecule has 1 saturated carbocycles. The first-order chi connectivity index (χ1) is 13.1. The number of hydrogen-bond acceptors (Lipinski definition) is 5. The number of rotatable bonds is 8. The van der Waals surface area contributed by atoms with E-state index < -0.39 is 5.60 Å². The van der Waals surface area contributed by atoms with Gasteiger partial charge >= 0.3 is 0 Å². The maximum absolute atomic E-state index is 6.47. The van der Waals surface area contributed by atoms with Crippen LogP contribution < -0.4 is 15.0 Å². The van der Waals surface area contributed by atoms with Gasteiger partial charge in [0.2, 0.25) is 0 Å². The van der Waals surface area contributed by atoms with Crippen molar-refractivity contribution in [2.24, 2.45) is 0 Å². The molecule has 1 fully saturated rings.